The van der Waals surface area contributed by atoms with Crippen LogP contribution in [0.3, 0.4) is 0 Å². The first kappa shape index (κ1) is 18.0. The third-order valence-corrected chi connectivity index (χ3v) is 3.21. The van der Waals surface area contributed by atoms with Crippen molar-refractivity contribution in [2.75, 3.05) is 41.0 Å². The second-order valence-corrected chi connectivity index (χ2v) is 4.69. The molecule has 22 heavy (non-hydrogen) atoms. The molecule has 0 fully saturated rings. The quantitative estimate of drug-likeness (QED) is 0.513. The van der Waals surface area contributed by atoms with Gasteiger partial charge in [0.1, 0.15) is 5.75 Å². The van der Waals surface area contributed by atoms with E-state index in [2.05, 4.69) is 4.74 Å². The number of hydrogen-bond acceptors (Lipinski definition) is 5. The van der Waals surface area contributed by atoms with Crippen molar-refractivity contribution in [1.29, 1.82) is 0 Å². The summed E-state index contributed by atoms with van der Waals surface area (Å²) in [6.07, 6.45) is 0.880. The Bertz CT molecular complexity index is 472. The molecule has 1 amide bonds. The summed E-state index contributed by atoms with van der Waals surface area (Å²) in [5.74, 6) is 0.235. The molecule has 0 saturated carbocycles. The normalized spacial score (nSPS) is 10.1. The molecule has 1 aromatic carbocycles. The first-order valence-electron chi connectivity index (χ1n) is 7.11. The van der Waals surface area contributed by atoms with E-state index in [-0.39, 0.29) is 18.3 Å². The minimum atomic E-state index is -0.334. The molecule has 0 saturated heterocycles. The van der Waals surface area contributed by atoms with E-state index < -0.39 is 0 Å². The van der Waals surface area contributed by atoms with E-state index in [1.807, 2.05) is 0 Å². The zero-order valence-electron chi connectivity index (χ0n) is 13.3. The maximum absolute atomic E-state index is 12.5. The van der Waals surface area contributed by atoms with Crippen LogP contribution in [-0.2, 0) is 14.3 Å². The molecule has 0 aromatic heterocycles. The van der Waals surface area contributed by atoms with Gasteiger partial charge in [-0.05, 0) is 30.7 Å². The van der Waals surface area contributed by atoms with Gasteiger partial charge in [0.05, 0.1) is 20.6 Å². The molecule has 1 aromatic rings. The molecular weight excluding hydrogens is 286 g/mol. The van der Waals surface area contributed by atoms with Crippen LogP contribution in [0.1, 0.15) is 23.2 Å². The molecule has 0 unspecified atom stereocenters. The zero-order chi connectivity index (χ0) is 16.4. The maximum atomic E-state index is 12.5. The topological polar surface area (TPSA) is 65.1 Å². The lowest BCUT2D eigenvalue weighted by atomic mass is 10.1. The predicted octanol–water partition coefficient (Wildman–Crippen LogP) is 1.74. The smallest absolute Gasteiger partial charge is 0.307 e. The van der Waals surface area contributed by atoms with E-state index in [9.17, 15) is 9.59 Å². The minimum absolute atomic E-state index is 0.123. The summed E-state index contributed by atoms with van der Waals surface area (Å²) in [4.78, 5) is 25.5. The van der Waals surface area contributed by atoms with Gasteiger partial charge in [0.2, 0.25) is 0 Å². The highest BCUT2D eigenvalue weighted by molar-refractivity contribution is 5.94. The number of benzene rings is 1. The fourth-order valence-electron chi connectivity index (χ4n) is 1.96. The van der Waals surface area contributed by atoms with Gasteiger partial charge in [0.25, 0.3) is 5.91 Å². The highest BCUT2D eigenvalue weighted by atomic mass is 16.5. The first-order chi connectivity index (χ1) is 10.6. The fraction of sp³-hybridized carbons (Fsp3) is 0.500. The fourth-order valence-corrected chi connectivity index (χ4v) is 1.96. The Balaban J connectivity index is 2.73. The SMILES string of the molecule is COCCCN(CCC(=O)OC)C(=O)c1ccc(OC)cc1. The maximum Gasteiger partial charge on any atom is 0.307 e. The van der Waals surface area contributed by atoms with E-state index in [1.165, 1.54) is 7.11 Å². The van der Waals surface area contributed by atoms with E-state index in [1.54, 1.807) is 43.4 Å². The Morgan fingerprint density at radius 1 is 1.05 bits per heavy atom. The second-order valence-electron chi connectivity index (χ2n) is 4.69. The summed E-state index contributed by atoms with van der Waals surface area (Å²) in [5.41, 5.74) is 0.558. The second kappa shape index (κ2) is 9.78. The number of amides is 1. The summed E-state index contributed by atoms with van der Waals surface area (Å²) >= 11 is 0. The average Bonchev–Trinajstić information content (AvgIpc) is 2.57. The van der Waals surface area contributed by atoms with Gasteiger partial charge in [0, 0.05) is 32.4 Å². The summed E-state index contributed by atoms with van der Waals surface area (Å²) in [5, 5.41) is 0. The molecule has 6 heteroatoms. The molecule has 122 valence electrons. The van der Waals surface area contributed by atoms with Crippen LogP contribution in [0, 0.1) is 0 Å². The number of esters is 1. The number of ether oxygens (including phenoxy) is 3. The predicted molar refractivity (Wildman–Crippen MR) is 82.0 cm³/mol. The van der Waals surface area contributed by atoms with E-state index in [0.29, 0.717) is 37.4 Å². The van der Waals surface area contributed by atoms with Crippen LogP contribution in [0.25, 0.3) is 0 Å². The lowest BCUT2D eigenvalue weighted by Gasteiger charge is -2.22. The summed E-state index contributed by atoms with van der Waals surface area (Å²) in [6, 6.07) is 6.90. The van der Waals surface area contributed by atoms with Crippen molar-refractivity contribution < 1.29 is 23.8 Å². The van der Waals surface area contributed by atoms with E-state index in [4.69, 9.17) is 9.47 Å². The molecular formula is C16H23NO5. The van der Waals surface area contributed by atoms with Gasteiger partial charge in [0.15, 0.2) is 0 Å². The molecule has 1 rings (SSSR count). The first-order valence-corrected chi connectivity index (χ1v) is 7.11. The van der Waals surface area contributed by atoms with Crippen LogP contribution in [0.4, 0.5) is 0 Å². The van der Waals surface area contributed by atoms with Gasteiger partial charge in [-0.25, -0.2) is 0 Å². The van der Waals surface area contributed by atoms with Crippen LogP contribution in [0.5, 0.6) is 5.75 Å². The van der Waals surface area contributed by atoms with Gasteiger partial charge >= 0.3 is 5.97 Å². The number of rotatable bonds is 9. The number of hydrogen-bond donors (Lipinski definition) is 0. The van der Waals surface area contributed by atoms with E-state index in [0.717, 1.165) is 0 Å². The monoisotopic (exact) mass is 309 g/mol. The number of carbonyl (C=O) groups is 2. The van der Waals surface area contributed by atoms with Crippen LogP contribution < -0.4 is 4.74 Å². The Morgan fingerprint density at radius 2 is 1.73 bits per heavy atom. The third-order valence-electron chi connectivity index (χ3n) is 3.21. The van der Waals surface area contributed by atoms with Gasteiger partial charge < -0.3 is 19.1 Å². The van der Waals surface area contributed by atoms with Crippen molar-refractivity contribution in [2.45, 2.75) is 12.8 Å². The van der Waals surface area contributed by atoms with Crippen molar-refractivity contribution >= 4 is 11.9 Å². The molecule has 0 aliphatic heterocycles. The van der Waals surface area contributed by atoms with Gasteiger partial charge in [-0.15, -0.1) is 0 Å². The molecule has 0 aliphatic carbocycles. The van der Waals surface area contributed by atoms with Gasteiger partial charge in [-0.3, -0.25) is 9.59 Å². The van der Waals surface area contributed by atoms with Crippen molar-refractivity contribution in [3.63, 3.8) is 0 Å². The zero-order valence-corrected chi connectivity index (χ0v) is 13.3. The van der Waals surface area contributed by atoms with Crippen LogP contribution in [0.15, 0.2) is 24.3 Å². The summed E-state index contributed by atoms with van der Waals surface area (Å²) in [6.45, 7) is 1.40. The third kappa shape index (κ3) is 5.73. The van der Waals surface area contributed by atoms with Crippen LogP contribution in [-0.4, -0.2) is 57.8 Å². The Kier molecular flexibility index (Phi) is 7.99. The molecule has 6 nitrogen and oxygen atoms in total. The highest BCUT2D eigenvalue weighted by Gasteiger charge is 2.17. The molecule has 0 aliphatic rings. The van der Waals surface area contributed by atoms with Crippen molar-refractivity contribution in [3.8, 4) is 5.75 Å². The number of carbonyl (C=O) groups excluding carboxylic acids is 2. The molecule has 0 radical (unpaired) electrons. The Hall–Kier alpha value is -2.08. The van der Waals surface area contributed by atoms with Gasteiger partial charge in [-0.1, -0.05) is 0 Å². The van der Waals surface area contributed by atoms with Crippen LogP contribution in [0.2, 0.25) is 0 Å². The lowest BCUT2D eigenvalue weighted by molar-refractivity contribution is -0.140. The summed E-state index contributed by atoms with van der Waals surface area (Å²) < 4.78 is 14.7. The molecule has 0 spiro atoms. The average molecular weight is 309 g/mol. The van der Waals surface area contributed by atoms with Crippen molar-refractivity contribution in [2.24, 2.45) is 0 Å². The molecule has 0 N–H and O–H groups in total. The molecule has 0 atom stereocenters. The standard InChI is InChI=1S/C16H23NO5/c1-20-12-4-10-17(11-9-15(18)22-3)16(19)13-5-7-14(21-2)8-6-13/h5-8H,4,9-12H2,1-3H3. The molecule has 0 bridgehead atoms. The summed E-state index contributed by atoms with van der Waals surface area (Å²) in [7, 11) is 4.53. The number of nitrogens with zero attached hydrogens (tertiary/aromatic N) is 1. The van der Waals surface area contributed by atoms with E-state index >= 15 is 0 Å². The Labute approximate surface area is 131 Å². The largest absolute Gasteiger partial charge is 0.497 e. The van der Waals surface area contributed by atoms with Crippen molar-refractivity contribution in [3.05, 3.63) is 29.8 Å². The number of methoxy groups -OCH3 is 3. The highest BCUT2D eigenvalue weighted by Crippen LogP contribution is 2.13. The minimum Gasteiger partial charge on any atom is -0.497 e. The lowest BCUT2D eigenvalue weighted by Crippen LogP contribution is -2.34. The van der Waals surface area contributed by atoms with Crippen LogP contribution >= 0.6 is 0 Å². The van der Waals surface area contributed by atoms with Crippen molar-refractivity contribution in [1.82, 2.24) is 4.90 Å². The Morgan fingerprint density at radius 3 is 2.27 bits per heavy atom. The van der Waals surface area contributed by atoms with Gasteiger partial charge in [-0.2, -0.15) is 0 Å². The molecule has 0 heterocycles.